The van der Waals surface area contributed by atoms with E-state index in [9.17, 15) is 4.79 Å². The third-order valence-corrected chi connectivity index (χ3v) is 6.82. The Labute approximate surface area is 168 Å². The second-order valence-electron chi connectivity index (χ2n) is 7.63. The van der Waals surface area contributed by atoms with Gasteiger partial charge in [0.15, 0.2) is 12.0 Å². The summed E-state index contributed by atoms with van der Waals surface area (Å²) in [5.74, 6) is -0.416. The van der Waals surface area contributed by atoms with Gasteiger partial charge in [-0.1, -0.05) is 0 Å². The van der Waals surface area contributed by atoms with E-state index in [4.69, 9.17) is 24.1 Å². The Morgan fingerprint density at radius 3 is 2.96 bits per heavy atom. The molecule has 0 amide bonds. The lowest BCUT2D eigenvalue weighted by atomic mass is 9.86. The minimum atomic E-state index is -0.997. The highest BCUT2D eigenvalue weighted by molar-refractivity contribution is 7.09. The fourth-order valence-corrected chi connectivity index (χ4v) is 5.42. The molecule has 6 atom stereocenters. The average Bonchev–Trinajstić information content (AvgIpc) is 3.32. The number of methoxy groups -OCH3 is 1. The summed E-state index contributed by atoms with van der Waals surface area (Å²) in [4.78, 5) is 15.3. The average molecular weight is 410 g/mol. The van der Waals surface area contributed by atoms with Crippen LogP contribution in [0.5, 0.6) is 0 Å². The van der Waals surface area contributed by atoms with E-state index >= 15 is 0 Å². The molecule has 154 valence electrons. The second-order valence-corrected chi connectivity index (χ2v) is 8.52. The molecule has 4 rings (SSSR count). The van der Waals surface area contributed by atoms with Crippen molar-refractivity contribution < 1.29 is 28.8 Å². The summed E-state index contributed by atoms with van der Waals surface area (Å²) in [6, 6.07) is 0. The van der Waals surface area contributed by atoms with E-state index in [1.54, 1.807) is 18.8 Å². The molecule has 2 saturated heterocycles. The summed E-state index contributed by atoms with van der Waals surface area (Å²) in [5.41, 5.74) is 0.0914. The third-order valence-electron chi connectivity index (χ3n) is 5.88. The summed E-state index contributed by atoms with van der Waals surface area (Å²) >= 11 is 1.36. The summed E-state index contributed by atoms with van der Waals surface area (Å²) in [6.07, 6.45) is 9.44. The van der Waals surface area contributed by atoms with Gasteiger partial charge in [0, 0.05) is 24.3 Å². The minimum Gasteiger partial charge on any atom is -0.505 e. The monoisotopic (exact) mass is 409 g/mol. The van der Waals surface area contributed by atoms with Gasteiger partial charge in [0.1, 0.15) is 11.1 Å². The molecule has 0 bridgehead atoms. The number of carbonyl (C=O) groups is 1. The number of aromatic nitrogens is 1. The van der Waals surface area contributed by atoms with Gasteiger partial charge in [0.05, 0.1) is 25.6 Å². The highest BCUT2D eigenvalue weighted by atomic mass is 32.1. The van der Waals surface area contributed by atoms with Crippen LogP contribution in [-0.2, 0) is 18.9 Å². The fraction of sp³-hybridized carbons (Fsp3) is 0.700. The van der Waals surface area contributed by atoms with E-state index in [0.29, 0.717) is 5.92 Å². The number of carboxylic acid groups (broad SMARTS) is 1. The fourth-order valence-electron chi connectivity index (χ4n) is 4.55. The molecule has 1 N–H and O–H groups in total. The van der Waals surface area contributed by atoms with Crippen LogP contribution in [-0.4, -0.2) is 48.3 Å². The van der Waals surface area contributed by atoms with Crippen molar-refractivity contribution in [3.8, 4) is 0 Å². The summed E-state index contributed by atoms with van der Waals surface area (Å²) in [6.45, 7) is 0.761. The Kier molecular flexibility index (Phi) is 6.30. The van der Waals surface area contributed by atoms with Crippen molar-refractivity contribution in [1.82, 2.24) is 4.98 Å². The maximum absolute atomic E-state index is 11.1. The predicted octanol–water partition coefficient (Wildman–Crippen LogP) is 3.77. The Hall–Kier alpha value is -1.48. The van der Waals surface area contributed by atoms with Crippen LogP contribution in [0.1, 0.15) is 60.1 Å². The number of hydrogen-bond acceptors (Lipinski definition) is 7. The highest BCUT2D eigenvalue weighted by Gasteiger charge is 2.48. The van der Waals surface area contributed by atoms with Crippen molar-refractivity contribution in [2.45, 2.75) is 63.1 Å². The first-order valence-electron chi connectivity index (χ1n) is 9.96. The van der Waals surface area contributed by atoms with Gasteiger partial charge in [0.25, 0.3) is 0 Å². The summed E-state index contributed by atoms with van der Waals surface area (Å²) in [7, 11) is 1.65. The van der Waals surface area contributed by atoms with Crippen LogP contribution in [0.15, 0.2) is 17.7 Å². The van der Waals surface area contributed by atoms with Gasteiger partial charge in [-0.3, -0.25) is 0 Å². The van der Waals surface area contributed by atoms with E-state index < -0.39 is 5.97 Å². The first kappa shape index (κ1) is 19.8. The smallest absolute Gasteiger partial charge is 0.355 e. The Morgan fingerprint density at radius 1 is 1.36 bits per heavy atom. The lowest BCUT2D eigenvalue weighted by Gasteiger charge is -2.33. The van der Waals surface area contributed by atoms with Crippen molar-refractivity contribution in [1.29, 1.82) is 0 Å². The van der Waals surface area contributed by atoms with Gasteiger partial charge in [0.2, 0.25) is 0 Å². The molecule has 1 aromatic rings. The molecular weight excluding hydrogens is 382 g/mol. The number of carboxylic acids is 1. The first-order chi connectivity index (χ1) is 13.7. The lowest BCUT2D eigenvalue weighted by molar-refractivity contribution is -0.193. The molecule has 2 aliphatic heterocycles. The van der Waals surface area contributed by atoms with Crippen molar-refractivity contribution >= 4 is 17.3 Å². The van der Waals surface area contributed by atoms with Crippen molar-refractivity contribution in [2.24, 2.45) is 11.8 Å². The Morgan fingerprint density at radius 2 is 2.25 bits per heavy atom. The molecule has 1 aliphatic carbocycles. The van der Waals surface area contributed by atoms with Crippen molar-refractivity contribution in [3.63, 3.8) is 0 Å². The molecule has 3 heterocycles. The molecule has 1 aromatic heterocycles. The Balaban J connectivity index is 1.45. The van der Waals surface area contributed by atoms with Crippen LogP contribution < -0.4 is 0 Å². The van der Waals surface area contributed by atoms with Crippen LogP contribution in [0, 0.1) is 11.8 Å². The first-order valence-corrected chi connectivity index (χ1v) is 10.8. The zero-order valence-corrected chi connectivity index (χ0v) is 16.8. The molecular formula is C20H27NO6S. The van der Waals surface area contributed by atoms with Gasteiger partial charge in [-0.05, 0) is 44.1 Å². The molecule has 7 nitrogen and oxygen atoms in total. The van der Waals surface area contributed by atoms with Crippen LogP contribution in [0.2, 0.25) is 0 Å². The molecule has 1 unspecified atom stereocenters. The third kappa shape index (κ3) is 4.25. The Bertz CT molecular complexity index is 701. The zero-order chi connectivity index (χ0) is 19.5. The number of rotatable bonds is 6. The van der Waals surface area contributed by atoms with Gasteiger partial charge < -0.3 is 24.1 Å². The molecule has 0 spiro atoms. The highest BCUT2D eigenvalue weighted by Crippen LogP contribution is 2.48. The summed E-state index contributed by atoms with van der Waals surface area (Å²) < 4.78 is 23.7. The normalized spacial score (nSPS) is 35.8. The largest absolute Gasteiger partial charge is 0.505 e. The maximum atomic E-state index is 11.1. The van der Waals surface area contributed by atoms with Crippen LogP contribution >= 0.6 is 11.3 Å². The number of ether oxygens (including phenoxy) is 4. The number of thiazole rings is 1. The number of aromatic carboxylic acids is 1. The van der Waals surface area contributed by atoms with Gasteiger partial charge in [-0.15, -0.1) is 11.3 Å². The lowest BCUT2D eigenvalue weighted by Crippen LogP contribution is -2.31. The van der Waals surface area contributed by atoms with E-state index in [1.165, 1.54) is 11.3 Å². The summed E-state index contributed by atoms with van der Waals surface area (Å²) in [5, 5.41) is 11.4. The molecule has 3 fully saturated rings. The van der Waals surface area contributed by atoms with E-state index in [-0.39, 0.29) is 36.2 Å². The number of nitrogens with zero attached hydrogens (tertiary/aromatic N) is 1. The van der Waals surface area contributed by atoms with Crippen molar-refractivity contribution in [3.05, 3.63) is 28.4 Å². The standard InChI is InChI=1S/C20H27NO6S/c1-24-9-7-13-12-5-6-15(19-21-14(11-28-19)20(22)23)26-16(12)10-17(13)27-18-4-2-3-8-25-18/h7,9,11-13,15-18H,2-6,8,10H2,1H3,(H,22,23)/b9-7+/t12-,13-,15-,16+,17-,18?/m1/s1. The van der Waals surface area contributed by atoms with E-state index in [0.717, 1.165) is 50.1 Å². The van der Waals surface area contributed by atoms with Crippen molar-refractivity contribution in [2.75, 3.05) is 13.7 Å². The van der Waals surface area contributed by atoms with Crippen LogP contribution in [0.25, 0.3) is 0 Å². The van der Waals surface area contributed by atoms with E-state index in [2.05, 4.69) is 11.1 Å². The molecule has 28 heavy (non-hydrogen) atoms. The molecule has 8 heteroatoms. The predicted molar refractivity (Wildman–Crippen MR) is 102 cm³/mol. The van der Waals surface area contributed by atoms with Gasteiger partial charge in [-0.25, -0.2) is 9.78 Å². The molecule has 1 saturated carbocycles. The topological polar surface area (TPSA) is 87.1 Å². The second kappa shape index (κ2) is 8.90. The minimum absolute atomic E-state index is 0.0362. The number of hydrogen-bond donors (Lipinski definition) is 1. The number of fused-ring (bicyclic) bond motifs is 1. The maximum Gasteiger partial charge on any atom is 0.355 e. The molecule has 3 aliphatic rings. The molecule has 0 aromatic carbocycles. The SMILES string of the molecule is CO/C=C/[C@@H]1[C@H]2CC[C@H](c3nc(C(=O)O)cs3)O[C@H]2C[C@H]1OC1CCCCO1. The van der Waals surface area contributed by atoms with Gasteiger partial charge in [-0.2, -0.15) is 0 Å². The van der Waals surface area contributed by atoms with Crippen LogP contribution in [0.4, 0.5) is 0 Å². The quantitative estimate of drug-likeness (QED) is 0.716. The zero-order valence-electron chi connectivity index (χ0n) is 16.0. The molecule has 0 radical (unpaired) electrons. The van der Waals surface area contributed by atoms with Crippen LogP contribution in [0.3, 0.4) is 0 Å². The van der Waals surface area contributed by atoms with Gasteiger partial charge >= 0.3 is 5.97 Å². The van der Waals surface area contributed by atoms with E-state index in [1.807, 2.05) is 0 Å².